The summed E-state index contributed by atoms with van der Waals surface area (Å²) in [7, 11) is 6.15. The van der Waals surface area contributed by atoms with Gasteiger partial charge in [0.25, 0.3) is 5.91 Å². The Hall–Kier alpha value is -1.59. The Balaban J connectivity index is 1.81. The van der Waals surface area contributed by atoms with Gasteiger partial charge in [0, 0.05) is 29.2 Å². The third-order valence-corrected chi connectivity index (χ3v) is 5.58. The predicted molar refractivity (Wildman–Crippen MR) is 111 cm³/mol. The first-order valence-electron chi connectivity index (χ1n) is 9.17. The molecule has 2 atom stereocenters. The summed E-state index contributed by atoms with van der Waals surface area (Å²) in [6, 6.07) is 11.7. The number of halogens is 2. The van der Waals surface area contributed by atoms with Gasteiger partial charge in [0.05, 0.1) is 24.5 Å². The van der Waals surface area contributed by atoms with E-state index in [1.807, 2.05) is 55.4 Å². The van der Waals surface area contributed by atoms with E-state index in [2.05, 4.69) is 12.4 Å². The number of benzene rings is 2. The molecule has 1 amide bonds. The Morgan fingerprint density at radius 2 is 1.93 bits per heavy atom. The largest absolute Gasteiger partial charge is 0.351 e. The second-order valence-corrected chi connectivity index (χ2v) is 8.37. The maximum absolute atomic E-state index is 12.3. The van der Waals surface area contributed by atoms with Crippen LogP contribution in [0.1, 0.15) is 33.0 Å². The Labute approximate surface area is 171 Å². The first kappa shape index (κ1) is 20.2. The van der Waals surface area contributed by atoms with E-state index in [-0.39, 0.29) is 11.8 Å². The highest BCUT2D eigenvalue weighted by atomic mass is 35.5. The van der Waals surface area contributed by atoms with Crippen LogP contribution in [0, 0.1) is 0 Å². The Morgan fingerprint density at radius 3 is 2.59 bits per heavy atom. The molecular weight excluding hydrogens is 381 g/mol. The number of fused-ring (bicyclic) bond motifs is 1. The zero-order valence-corrected chi connectivity index (χ0v) is 17.5. The molecule has 1 aliphatic rings. The van der Waals surface area contributed by atoms with Crippen LogP contribution >= 0.6 is 23.2 Å². The maximum atomic E-state index is 12.3. The maximum Gasteiger partial charge on any atom is 0.251 e. The third-order valence-electron chi connectivity index (χ3n) is 5.02. The van der Waals surface area contributed by atoms with Gasteiger partial charge in [0.15, 0.2) is 0 Å². The molecule has 144 valence electrons. The molecule has 1 aliphatic heterocycles. The number of quaternary nitrogens is 1. The van der Waals surface area contributed by atoms with Crippen molar-refractivity contribution >= 4 is 29.1 Å². The van der Waals surface area contributed by atoms with Crippen molar-refractivity contribution in [1.82, 2.24) is 10.2 Å². The molecule has 2 aromatic carbocycles. The third kappa shape index (κ3) is 4.82. The van der Waals surface area contributed by atoms with Crippen LogP contribution < -0.4 is 10.2 Å². The van der Waals surface area contributed by atoms with E-state index in [9.17, 15) is 4.79 Å². The van der Waals surface area contributed by atoms with E-state index in [1.165, 1.54) is 21.6 Å². The average Bonchev–Trinajstić information content (AvgIpc) is 2.61. The van der Waals surface area contributed by atoms with Crippen LogP contribution in [-0.4, -0.2) is 51.6 Å². The molecule has 2 aromatic rings. The molecule has 3 rings (SSSR count). The van der Waals surface area contributed by atoms with Crippen LogP contribution in [0.5, 0.6) is 0 Å². The summed E-state index contributed by atoms with van der Waals surface area (Å²) >= 11 is 12.7. The summed E-state index contributed by atoms with van der Waals surface area (Å²) in [6.07, 6.45) is 0. The van der Waals surface area contributed by atoms with Gasteiger partial charge >= 0.3 is 0 Å². The van der Waals surface area contributed by atoms with Crippen molar-refractivity contribution in [2.24, 2.45) is 0 Å². The Bertz CT molecular complexity index is 821. The van der Waals surface area contributed by atoms with Crippen LogP contribution in [-0.2, 0) is 6.54 Å². The number of amides is 1. The monoisotopic (exact) mass is 406 g/mol. The standard InChI is InChI=1S/C21H25Cl2N3O/c1-25(2)9-8-24-21(27)15-6-4-14(5-7-15)18-12-26(3)13-19-17(18)10-16(22)11-20(19)23/h4-7,10-11,18H,8-9,12-13H2,1-3H3,(H,24,27)/p+1. The smallest absolute Gasteiger partial charge is 0.251 e. The van der Waals surface area contributed by atoms with Gasteiger partial charge in [-0.25, -0.2) is 0 Å². The minimum absolute atomic E-state index is 0.0405. The van der Waals surface area contributed by atoms with Crippen molar-refractivity contribution in [2.75, 3.05) is 40.8 Å². The molecule has 4 nitrogen and oxygen atoms in total. The number of nitrogens with one attached hydrogen (secondary N) is 2. The van der Waals surface area contributed by atoms with Crippen molar-refractivity contribution in [3.8, 4) is 0 Å². The van der Waals surface area contributed by atoms with Crippen molar-refractivity contribution in [2.45, 2.75) is 12.5 Å². The SMILES string of the molecule is CN(C)CCNC(=O)c1ccc(C2C[NH+](C)Cc3c(Cl)cc(Cl)cc32)cc1. The summed E-state index contributed by atoms with van der Waals surface area (Å²) in [4.78, 5) is 15.7. The molecule has 27 heavy (non-hydrogen) atoms. The zero-order chi connectivity index (χ0) is 19.6. The lowest BCUT2D eigenvalue weighted by atomic mass is 9.84. The summed E-state index contributed by atoms with van der Waals surface area (Å²) in [5.41, 5.74) is 4.22. The number of carbonyl (C=O) groups is 1. The van der Waals surface area contributed by atoms with Gasteiger partial charge in [-0.05, 0) is 49.5 Å². The second kappa shape index (κ2) is 8.61. The second-order valence-electron chi connectivity index (χ2n) is 7.53. The molecule has 0 bridgehead atoms. The molecule has 2 N–H and O–H groups in total. The highest BCUT2D eigenvalue weighted by Gasteiger charge is 2.29. The van der Waals surface area contributed by atoms with Gasteiger partial charge in [-0.3, -0.25) is 4.79 Å². The quantitative estimate of drug-likeness (QED) is 0.799. The number of nitrogens with zero attached hydrogens (tertiary/aromatic N) is 1. The van der Waals surface area contributed by atoms with E-state index >= 15 is 0 Å². The van der Waals surface area contributed by atoms with Crippen LogP contribution in [0.4, 0.5) is 0 Å². The van der Waals surface area contributed by atoms with E-state index in [4.69, 9.17) is 23.2 Å². The normalized spacial score (nSPS) is 19.0. The van der Waals surface area contributed by atoms with E-state index < -0.39 is 0 Å². The van der Waals surface area contributed by atoms with Gasteiger partial charge in [-0.1, -0.05) is 35.3 Å². The molecule has 0 fully saturated rings. The van der Waals surface area contributed by atoms with Gasteiger partial charge in [-0.2, -0.15) is 0 Å². The predicted octanol–water partition coefficient (Wildman–Crippen LogP) is 2.45. The molecule has 2 unspecified atom stereocenters. The lowest BCUT2D eigenvalue weighted by Crippen LogP contribution is -3.09. The first-order chi connectivity index (χ1) is 12.8. The molecule has 0 aromatic heterocycles. The molecule has 0 saturated heterocycles. The van der Waals surface area contributed by atoms with E-state index in [0.29, 0.717) is 17.1 Å². The number of hydrogen-bond donors (Lipinski definition) is 2. The van der Waals surface area contributed by atoms with Crippen LogP contribution in [0.25, 0.3) is 0 Å². The van der Waals surface area contributed by atoms with Gasteiger partial charge < -0.3 is 15.1 Å². The van der Waals surface area contributed by atoms with E-state index in [1.54, 1.807) is 0 Å². The average molecular weight is 407 g/mol. The van der Waals surface area contributed by atoms with Crippen molar-refractivity contribution in [3.05, 3.63) is 68.7 Å². The molecular formula is C21H26Cl2N3O+. The highest BCUT2D eigenvalue weighted by Crippen LogP contribution is 2.35. The summed E-state index contributed by atoms with van der Waals surface area (Å²) in [5.74, 6) is 0.178. The topological polar surface area (TPSA) is 36.8 Å². The van der Waals surface area contributed by atoms with Crippen molar-refractivity contribution < 1.29 is 9.69 Å². The van der Waals surface area contributed by atoms with Crippen LogP contribution in [0.15, 0.2) is 36.4 Å². The van der Waals surface area contributed by atoms with Gasteiger partial charge in [-0.15, -0.1) is 0 Å². The minimum atomic E-state index is -0.0405. The number of likely N-dealkylation sites (N-methyl/N-ethyl adjacent to an activating group) is 2. The summed E-state index contributed by atoms with van der Waals surface area (Å²) < 4.78 is 0. The van der Waals surface area contributed by atoms with E-state index in [0.717, 1.165) is 24.7 Å². The lowest BCUT2D eigenvalue weighted by molar-refractivity contribution is -0.897. The fourth-order valence-electron chi connectivity index (χ4n) is 3.61. The molecule has 6 heteroatoms. The van der Waals surface area contributed by atoms with Crippen LogP contribution in [0.3, 0.4) is 0 Å². The Morgan fingerprint density at radius 1 is 1.22 bits per heavy atom. The molecule has 0 saturated carbocycles. The number of carbonyl (C=O) groups excluding carboxylic acids is 1. The number of hydrogen-bond acceptors (Lipinski definition) is 2. The number of rotatable bonds is 5. The fourth-order valence-corrected chi connectivity index (χ4v) is 4.19. The highest BCUT2D eigenvalue weighted by molar-refractivity contribution is 6.35. The summed E-state index contributed by atoms with van der Waals surface area (Å²) in [6.45, 7) is 3.32. The molecule has 1 heterocycles. The Kier molecular flexibility index (Phi) is 6.43. The summed E-state index contributed by atoms with van der Waals surface area (Å²) in [5, 5.41) is 4.35. The first-order valence-corrected chi connectivity index (χ1v) is 9.92. The molecule has 0 radical (unpaired) electrons. The molecule has 0 aliphatic carbocycles. The van der Waals surface area contributed by atoms with Crippen molar-refractivity contribution in [1.29, 1.82) is 0 Å². The van der Waals surface area contributed by atoms with Crippen molar-refractivity contribution in [3.63, 3.8) is 0 Å². The lowest BCUT2D eigenvalue weighted by Gasteiger charge is -2.31. The van der Waals surface area contributed by atoms with Gasteiger partial charge in [0.1, 0.15) is 6.54 Å². The van der Waals surface area contributed by atoms with Crippen LogP contribution in [0.2, 0.25) is 10.0 Å². The fraction of sp³-hybridized carbons (Fsp3) is 0.381. The molecule has 0 spiro atoms. The van der Waals surface area contributed by atoms with Gasteiger partial charge in [0.2, 0.25) is 0 Å². The minimum Gasteiger partial charge on any atom is -0.351 e. The zero-order valence-electron chi connectivity index (χ0n) is 16.0.